The van der Waals surface area contributed by atoms with Crippen molar-refractivity contribution in [2.75, 3.05) is 0 Å². The van der Waals surface area contributed by atoms with Crippen LogP contribution in [0.15, 0.2) is 78.9 Å². The molecule has 32 heavy (non-hydrogen) atoms. The van der Waals surface area contributed by atoms with E-state index in [2.05, 4.69) is 13.8 Å². The number of hydrogen-bond acceptors (Lipinski definition) is 4. The molecule has 0 unspecified atom stereocenters. The largest absolute Gasteiger partial charge is 0.491 e. The lowest BCUT2D eigenvalue weighted by Gasteiger charge is -2.14. The minimum Gasteiger partial charge on any atom is -0.491 e. The van der Waals surface area contributed by atoms with Crippen LogP contribution in [0.1, 0.15) is 61.9 Å². The van der Waals surface area contributed by atoms with E-state index in [0.717, 1.165) is 23.5 Å². The molecule has 168 valence electrons. The van der Waals surface area contributed by atoms with Crippen molar-refractivity contribution in [3.63, 3.8) is 0 Å². The molecule has 0 saturated carbocycles. The molecule has 0 heterocycles. The van der Waals surface area contributed by atoms with Crippen LogP contribution in [0.3, 0.4) is 0 Å². The zero-order chi connectivity index (χ0) is 22.6. The normalized spacial score (nSPS) is 11.6. The van der Waals surface area contributed by atoms with Crippen LogP contribution in [0.4, 0.5) is 0 Å². The van der Waals surface area contributed by atoms with Crippen molar-refractivity contribution in [3.8, 4) is 17.2 Å². The topological polar surface area (TPSA) is 44.8 Å². The third-order valence-electron chi connectivity index (χ3n) is 5.17. The van der Waals surface area contributed by atoms with Crippen LogP contribution in [0, 0.1) is 0 Å². The smallest absolute Gasteiger partial charge is 0.343 e. The second-order valence-corrected chi connectivity index (χ2v) is 7.94. The molecule has 0 aliphatic rings. The van der Waals surface area contributed by atoms with E-state index in [1.807, 2.05) is 42.5 Å². The van der Waals surface area contributed by atoms with Crippen molar-refractivity contribution in [2.24, 2.45) is 0 Å². The number of ether oxygens (including phenoxy) is 3. The van der Waals surface area contributed by atoms with Crippen LogP contribution in [0.25, 0.3) is 0 Å². The highest BCUT2D eigenvalue weighted by atomic mass is 16.5. The van der Waals surface area contributed by atoms with Gasteiger partial charge in [0.15, 0.2) is 0 Å². The number of carbonyl (C=O) groups excluding carboxylic acids is 1. The second kappa shape index (κ2) is 12.6. The molecule has 0 bridgehead atoms. The summed E-state index contributed by atoms with van der Waals surface area (Å²) in [6, 6.07) is 24.1. The van der Waals surface area contributed by atoms with Gasteiger partial charge >= 0.3 is 5.97 Å². The Morgan fingerprint density at radius 3 is 2.12 bits per heavy atom. The highest BCUT2D eigenvalue weighted by Gasteiger charge is 2.10. The van der Waals surface area contributed by atoms with E-state index in [0.29, 0.717) is 17.9 Å². The van der Waals surface area contributed by atoms with Gasteiger partial charge in [-0.2, -0.15) is 0 Å². The summed E-state index contributed by atoms with van der Waals surface area (Å²) in [7, 11) is 0. The summed E-state index contributed by atoms with van der Waals surface area (Å²) in [5.74, 6) is 1.56. The Kier molecular flexibility index (Phi) is 9.18. The zero-order valence-electron chi connectivity index (χ0n) is 19.0. The molecule has 1 atom stereocenters. The van der Waals surface area contributed by atoms with Gasteiger partial charge in [0.05, 0.1) is 11.7 Å². The van der Waals surface area contributed by atoms with Crippen molar-refractivity contribution in [2.45, 2.75) is 58.7 Å². The molecule has 4 heteroatoms. The summed E-state index contributed by atoms with van der Waals surface area (Å²) in [6.45, 7) is 4.79. The molecule has 3 aromatic carbocycles. The standard InChI is InChI=1S/C28H32O4/c1-3-4-5-7-10-22(2)31-26-15-13-24(14-16-26)28(29)32-27-19-17-25(18-20-27)30-21-23-11-8-6-9-12-23/h6,8-9,11-20,22H,3-5,7,10,21H2,1-2H3/t22-/m0/s1. The Hall–Kier alpha value is -3.27. The lowest BCUT2D eigenvalue weighted by atomic mass is 10.1. The number of carbonyl (C=O) groups is 1. The van der Waals surface area contributed by atoms with Gasteiger partial charge in [0.2, 0.25) is 0 Å². The molecule has 0 aliphatic heterocycles. The monoisotopic (exact) mass is 432 g/mol. The van der Waals surface area contributed by atoms with E-state index in [9.17, 15) is 4.79 Å². The van der Waals surface area contributed by atoms with E-state index >= 15 is 0 Å². The van der Waals surface area contributed by atoms with E-state index in [1.165, 1.54) is 25.7 Å². The van der Waals surface area contributed by atoms with E-state index in [-0.39, 0.29) is 6.10 Å². The van der Waals surface area contributed by atoms with Gasteiger partial charge in [-0.15, -0.1) is 0 Å². The Morgan fingerprint density at radius 1 is 0.781 bits per heavy atom. The summed E-state index contributed by atoms with van der Waals surface area (Å²) in [4.78, 5) is 12.5. The maximum Gasteiger partial charge on any atom is 0.343 e. The molecule has 0 fully saturated rings. The first kappa shape index (κ1) is 23.4. The van der Waals surface area contributed by atoms with E-state index < -0.39 is 5.97 Å². The third kappa shape index (κ3) is 7.77. The third-order valence-corrected chi connectivity index (χ3v) is 5.17. The number of unbranched alkanes of at least 4 members (excludes halogenated alkanes) is 3. The van der Waals surface area contributed by atoms with Crippen LogP contribution in [0.2, 0.25) is 0 Å². The SMILES string of the molecule is CCCCCC[C@H](C)Oc1ccc(C(=O)Oc2ccc(OCc3ccccc3)cc2)cc1. The maximum absolute atomic E-state index is 12.5. The van der Waals surface area contributed by atoms with Gasteiger partial charge in [-0.1, -0.05) is 56.5 Å². The number of esters is 1. The molecular weight excluding hydrogens is 400 g/mol. The molecule has 0 aromatic heterocycles. The minimum atomic E-state index is -0.401. The summed E-state index contributed by atoms with van der Waals surface area (Å²) in [5.41, 5.74) is 1.58. The van der Waals surface area contributed by atoms with Crippen molar-refractivity contribution < 1.29 is 19.0 Å². The average Bonchev–Trinajstić information content (AvgIpc) is 2.82. The molecule has 0 saturated heterocycles. The lowest BCUT2D eigenvalue weighted by Crippen LogP contribution is -2.12. The summed E-state index contributed by atoms with van der Waals surface area (Å²) >= 11 is 0. The fourth-order valence-corrected chi connectivity index (χ4v) is 3.33. The van der Waals surface area contributed by atoms with Crippen molar-refractivity contribution in [3.05, 3.63) is 90.0 Å². The molecule has 0 amide bonds. The van der Waals surface area contributed by atoms with Gasteiger partial charge in [0.1, 0.15) is 23.9 Å². The first-order valence-corrected chi connectivity index (χ1v) is 11.4. The first-order chi connectivity index (χ1) is 15.6. The van der Waals surface area contributed by atoms with Crippen molar-refractivity contribution in [1.29, 1.82) is 0 Å². The van der Waals surface area contributed by atoms with Crippen molar-refractivity contribution in [1.82, 2.24) is 0 Å². The number of hydrogen-bond donors (Lipinski definition) is 0. The van der Waals surface area contributed by atoms with Gasteiger partial charge in [-0.25, -0.2) is 4.79 Å². The predicted molar refractivity (Wildman–Crippen MR) is 127 cm³/mol. The molecule has 3 rings (SSSR count). The van der Waals surface area contributed by atoms with Gasteiger partial charge in [0, 0.05) is 0 Å². The van der Waals surface area contributed by atoms with Crippen LogP contribution in [-0.4, -0.2) is 12.1 Å². The summed E-state index contributed by atoms with van der Waals surface area (Å²) in [6.07, 6.45) is 6.12. The molecular formula is C28H32O4. The Balaban J connectivity index is 1.45. The van der Waals surface area contributed by atoms with Gasteiger partial charge < -0.3 is 14.2 Å². The van der Waals surface area contributed by atoms with Crippen LogP contribution >= 0.6 is 0 Å². The van der Waals surface area contributed by atoms with Gasteiger partial charge in [-0.3, -0.25) is 0 Å². The summed E-state index contributed by atoms with van der Waals surface area (Å²) in [5, 5.41) is 0. The molecule has 4 nitrogen and oxygen atoms in total. The molecule has 3 aromatic rings. The van der Waals surface area contributed by atoms with Crippen LogP contribution in [-0.2, 0) is 6.61 Å². The molecule has 0 radical (unpaired) electrons. The highest BCUT2D eigenvalue weighted by Crippen LogP contribution is 2.21. The molecule has 0 aliphatic carbocycles. The quantitative estimate of drug-likeness (QED) is 0.172. The van der Waals surface area contributed by atoms with E-state index in [4.69, 9.17) is 14.2 Å². The summed E-state index contributed by atoms with van der Waals surface area (Å²) < 4.78 is 17.2. The van der Waals surface area contributed by atoms with Gasteiger partial charge in [-0.05, 0) is 73.9 Å². The second-order valence-electron chi connectivity index (χ2n) is 7.94. The molecule has 0 N–H and O–H groups in total. The van der Waals surface area contributed by atoms with E-state index in [1.54, 1.807) is 36.4 Å². The first-order valence-electron chi connectivity index (χ1n) is 11.4. The molecule has 0 spiro atoms. The van der Waals surface area contributed by atoms with Crippen molar-refractivity contribution >= 4 is 5.97 Å². The Labute approximate surface area is 191 Å². The fraction of sp³-hybridized carbons (Fsp3) is 0.321. The fourth-order valence-electron chi connectivity index (χ4n) is 3.33. The van der Waals surface area contributed by atoms with Crippen LogP contribution < -0.4 is 14.2 Å². The Morgan fingerprint density at radius 2 is 1.44 bits per heavy atom. The maximum atomic E-state index is 12.5. The Bertz CT molecular complexity index is 933. The average molecular weight is 433 g/mol. The number of rotatable bonds is 12. The predicted octanol–water partition coefficient (Wildman–Crippen LogP) is 7.22. The number of benzene rings is 3. The van der Waals surface area contributed by atoms with Crippen LogP contribution in [0.5, 0.6) is 17.2 Å². The highest BCUT2D eigenvalue weighted by molar-refractivity contribution is 5.91. The lowest BCUT2D eigenvalue weighted by molar-refractivity contribution is 0.0734. The van der Waals surface area contributed by atoms with Gasteiger partial charge in [0.25, 0.3) is 0 Å². The zero-order valence-corrected chi connectivity index (χ0v) is 19.0. The minimum absolute atomic E-state index is 0.160.